The van der Waals surface area contributed by atoms with Gasteiger partial charge in [0.25, 0.3) is 0 Å². The molecule has 0 fully saturated rings. The van der Waals surface area contributed by atoms with Gasteiger partial charge in [-0.05, 0) is 162 Å². The Morgan fingerprint density at radius 1 is 0.441 bits per heavy atom. The Morgan fingerprint density at radius 2 is 0.794 bits per heavy atom. The van der Waals surface area contributed by atoms with Gasteiger partial charge < -0.3 is 34.7 Å². The van der Waals surface area contributed by atoms with Crippen molar-refractivity contribution in [1.29, 1.82) is 0 Å². The number of carbonyl (C=O) groups excluding carboxylic acids is 4. The van der Waals surface area contributed by atoms with Crippen molar-refractivity contribution >= 4 is 72.7 Å². The van der Waals surface area contributed by atoms with Gasteiger partial charge in [0.2, 0.25) is 0 Å². The van der Waals surface area contributed by atoms with Crippen LogP contribution < -0.4 is 5.73 Å². The van der Waals surface area contributed by atoms with E-state index in [4.69, 9.17) is 24.7 Å². The van der Waals surface area contributed by atoms with E-state index in [1.54, 1.807) is 43.2 Å². The first-order valence-corrected chi connectivity index (χ1v) is 28.2. The van der Waals surface area contributed by atoms with E-state index >= 15 is 0 Å². The zero-order chi connectivity index (χ0) is 48.4. The zero-order valence-corrected chi connectivity index (χ0v) is 42.8. The van der Waals surface area contributed by atoms with Gasteiger partial charge in [-0.15, -0.1) is 0 Å². The number of benzene rings is 4. The molecule has 0 atom stereocenters. The number of aliphatic hydroxyl groups excluding tert-OH is 1. The van der Waals surface area contributed by atoms with Gasteiger partial charge in [-0.1, -0.05) is 85.1 Å². The summed E-state index contributed by atoms with van der Waals surface area (Å²) in [4.78, 5) is 56.2. The SMILES string of the molecule is Cc1ccc(SSc2ccc(CCCC(=O)OCCCCCOC(=O)CCN(CCCCO)CCC(=O)OCCCCCOC(=O)CCCc3ccc(SSc4ccc(N)cc4)cc3)cc2)cc1. The van der Waals surface area contributed by atoms with Gasteiger partial charge in [0.1, 0.15) is 0 Å². The number of nitrogen functional groups attached to an aromatic ring is 1. The molecule has 68 heavy (non-hydrogen) atoms. The Morgan fingerprint density at radius 3 is 1.18 bits per heavy atom. The molecule has 4 aromatic carbocycles. The number of hydrogen-bond acceptors (Lipinski definition) is 15. The molecular formula is C53H70N2O9S4. The number of rotatable bonds is 36. The van der Waals surface area contributed by atoms with Crippen molar-refractivity contribution in [2.75, 3.05) is 58.4 Å². The van der Waals surface area contributed by atoms with Crippen LogP contribution in [0.15, 0.2) is 117 Å². The number of unbranched alkanes of at least 4 members (excludes halogenated alkanes) is 5. The number of ether oxygens (including phenoxy) is 4. The quantitative estimate of drug-likeness (QED) is 0.0146. The lowest BCUT2D eigenvalue weighted by Crippen LogP contribution is -2.31. The maximum absolute atomic E-state index is 12.5. The van der Waals surface area contributed by atoms with Crippen LogP contribution in [-0.2, 0) is 51.0 Å². The van der Waals surface area contributed by atoms with E-state index in [-0.39, 0.29) is 43.3 Å². The summed E-state index contributed by atoms with van der Waals surface area (Å²) in [7, 11) is 6.86. The topological polar surface area (TPSA) is 155 Å². The maximum atomic E-state index is 12.5. The van der Waals surface area contributed by atoms with E-state index in [9.17, 15) is 24.3 Å². The Hall–Kier alpha value is -4.12. The average Bonchev–Trinajstić information content (AvgIpc) is 3.34. The Labute approximate surface area is 419 Å². The number of aliphatic hydroxyl groups is 1. The van der Waals surface area contributed by atoms with Crippen LogP contribution in [0.4, 0.5) is 5.69 Å². The summed E-state index contributed by atoms with van der Waals surface area (Å²) < 4.78 is 21.7. The van der Waals surface area contributed by atoms with E-state index in [0.717, 1.165) is 60.4 Å². The van der Waals surface area contributed by atoms with Crippen molar-refractivity contribution in [3.8, 4) is 0 Å². The van der Waals surface area contributed by atoms with Gasteiger partial charge in [0.05, 0.1) is 39.3 Å². The van der Waals surface area contributed by atoms with Crippen LogP contribution in [0.3, 0.4) is 0 Å². The van der Waals surface area contributed by atoms with Crippen molar-refractivity contribution in [2.24, 2.45) is 0 Å². The van der Waals surface area contributed by atoms with E-state index in [0.29, 0.717) is 91.0 Å². The Balaban J connectivity index is 0.934. The highest BCUT2D eigenvalue weighted by molar-refractivity contribution is 8.77. The van der Waals surface area contributed by atoms with Gasteiger partial charge in [0, 0.05) is 57.8 Å². The molecule has 11 nitrogen and oxygen atoms in total. The number of nitrogens with two attached hydrogens (primary N) is 1. The van der Waals surface area contributed by atoms with Gasteiger partial charge in [-0.3, -0.25) is 19.2 Å². The normalized spacial score (nSPS) is 11.1. The van der Waals surface area contributed by atoms with Gasteiger partial charge in [-0.25, -0.2) is 0 Å². The summed E-state index contributed by atoms with van der Waals surface area (Å²) >= 11 is 0. The maximum Gasteiger partial charge on any atom is 0.307 e. The van der Waals surface area contributed by atoms with E-state index in [2.05, 4.69) is 79.7 Å². The fourth-order valence-corrected chi connectivity index (χ4v) is 10.5. The fourth-order valence-electron chi connectivity index (χ4n) is 6.68. The van der Waals surface area contributed by atoms with E-state index in [1.165, 1.54) is 26.5 Å². The minimum atomic E-state index is -0.299. The lowest BCUT2D eigenvalue weighted by molar-refractivity contribution is -0.145. The molecule has 0 heterocycles. The highest BCUT2D eigenvalue weighted by Crippen LogP contribution is 2.38. The highest BCUT2D eigenvalue weighted by Gasteiger charge is 2.13. The molecule has 15 heteroatoms. The minimum Gasteiger partial charge on any atom is -0.466 e. The summed E-state index contributed by atoms with van der Waals surface area (Å²) in [5.74, 6) is -0.985. The number of carbonyl (C=O) groups is 4. The third-order valence-corrected chi connectivity index (χ3v) is 15.5. The molecule has 370 valence electrons. The predicted octanol–water partition coefficient (Wildman–Crippen LogP) is 11.9. The van der Waals surface area contributed by atoms with Crippen molar-refractivity contribution in [2.45, 2.75) is 129 Å². The summed E-state index contributed by atoms with van der Waals surface area (Å²) in [6, 6.07) is 33.2. The molecule has 0 radical (unpaired) electrons. The van der Waals surface area contributed by atoms with Crippen LogP contribution in [0.2, 0.25) is 0 Å². The monoisotopic (exact) mass is 1010 g/mol. The second kappa shape index (κ2) is 35.1. The van der Waals surface area contributed by atoms with Crippen molar-refractivity contribution < 1.29 is 43.2 Å². The molecule has 0 aromatic heterocycles. The highest BCUT2D eigenvalue weighted by atomic mass is 33.1. The van der Waals surface area contributed by atoms with E-state index in [1.807, 2.05) is 29.2 Å². The second-order valence-electron chi connectivity index (χ2n) is 16.5. The van der Waals surface area contributed by atoms with Crippen LogP contribution in [0.1, 0.15) is 107 Å². The largest absolute Gasteiger partial charge is 0.466 e. The molecule has 4 aromatic rings. The van der Waals surface area contributed by atoms with Crippen LogP contribution in [0.5, 0.6) is 0 Å². The lowest BCUT2D eigenvalue weighted by atomic mass is 10.1. The standard InChI is InChI=1S/C53H70N2O9S4/c1-42-16-24-46(25-17-42)65-66-47-26-18-43(19-27-47)12-10-14-50(57)61-38-6-2-8-40-63-52(59)32-35-55(34-4-5-37-56)36-33-53(60)64-41-9-3-7-39-62-51(58)15-11-13-44-20-28-48(29-21-44)67-68-49-30-22-45(54)23-31-49/h16-31,56H,2-15,32-41,54H2,1H3. The Bertz CT molecular complexity index is 1880. The summed E-state index contributed by atoms with van der Waals surface area (Å²) in [5, 5.41) is 9.24. The fraction of sp³-hybridized carbons (Fsp3) is 0.472. The summed E-state index contributed by atoms with van der Waals surface area (Å²) in [6.45, 7) is 5.02. The van der Waals surface area contributed by atoms with Gasteiger partial charge in [0.15, 0.2) is 0 Å². The van der Waals surface area contributed by atoms with Crippen LogP contribution >= 0.6 is 43.2 Å². The molecule has 0 aliphatic rings. The molecule has 0 bridgehead atoms. The summed E-state index contributed by atoms with van der Waals surface area (Å²) in [5.41, 5.74) is 10.2. The number of hydrogen-bond donors (Lipinski definition) is 2. The molecule has 0 saturated carbocycles. The van der Waals surface area contributed by atoms with Crippen molar-refractivity contribution in [1.82, 2.24) is 4.90 Å². The molecule has 0 unspecified atom stereocenters. The van der Waals surface area contributed by atoms with Crippen LogP contribution in [0, 0.1) is 6.92 Å². The molecule has 3 N–H and O–H groups in total. The van der Waals surface area contributed by atoms with Crippen LogP contribution in [-0.4, -0.2) is 86.6 Å². The molecule has 4 rings (SSSR count). The molecule has 0 aliphatic carbocycles. The van der Waals surface area contributed by atoms with Crippen molar-refractivity contribution in [3.63, 3.8) is 0 Å². The van der Waals surface area contributed by atoms with E-state index < -0.39 is 0 Å². The lowest BCUT2D eigenvalue weighted by Gasteiger charge is -2.21. The number of aryl methyl sites for hydroxylation is 3. The Kier molecular flexibility index (Phi) is 29.1. The molecule has 0 amide bonds. The first-order valence-electron chi connectivity index (χ1n) is 23.9. The minimum absolute atomic E-state index is 0.0856. The molecule has 0 saturated heterocycles. The third kappa shape index (κ3) is 26.6. The van der Waals surface area contributed by atoms with Gasteiger partial charge >= 0.3 is 23.9 Å². The second-order valence-corrected chi connectivity index (χ2v) is 21.0. The number of esters is 4. The molecule has 0 spiro atoms. The third-order valence-electron chi connectivity index (χ3n) is 10.7. The summed E-state index contributed by atoms with van der Waals surface area (Å²) in [6.07, 6.45) is 9.94. The zero-order valence-electron chi connectivity index (χ0n) is 39.6. The van der Waals surface area contributed by atoms with Gasteiger partial charge in [-0.2, -0.15) is 0 Å². The van der Waals surface area contributed by atoms with Crippen LogP contribution in [0.25, 0.3) is 0 Å². The number of anilines is 1. The average molecular weight is 1010 g/mol. The molecular weight excluding hydrogens is 937 g/mol. The van der Waals surface area contributed by atoms with Crippen molar-refractivity contribution in [3.05, 3.63) is 114 Å². The number of nitrogens with zero attached hydrogens (tertiary/aromatic N) is 1. The first-order chi connectivity index (χ1) is 33.1. The smallest absolute Gasteiger partial charge is 0.307 e. The predicted molar refractivity (Wildman–Crippen MR) is 278 cm³/mol. The first kappa shape index (κ1) is 56.5. The molecule has 0 aliphatic heterocycles.